The first-order chi connectivity index (χ1) is 12.4. The normalized spacial score (nSPS) is 27.0. The fraction of sp³-hybridized carbons (Fsp3) is 0.700. The number of pyridine rings is 1. The Labute approximate surface area is 156 Å². The second-order valence-electron chi connectivity index (χ2n) is 8.19. The van der Waals surface area contributed by atoms with Crippen LogP contribution in [0.4, 0.5) is 5.82 Å². The van der Waals surface area contributed by atoms with Gasteiger partial charge in [-0.3, -0.25) is 4.79 Å². The molecular formula is C20H31N3O3. The molecule has 1 aromatic heterocycles. The molecule has 2 aliphatic rings. The van der Waals surface area contributed by atoms with Crippen molar-refractivity contribution in [3.05, 3.63) is 23.9 Å². The van der Waals surface area contributed by atoms with Gasteiger partial charge in [-0.1, -0.05) is 13.8 Å². The third kappa shape index (κ3) is 4.35. The minimum absolute atomic E-state index is 0.0200. The number of morpholine rings is 1. The molecule has 6 nitrogen and oxygen atoms in total. The highest BCUT2D eigenvalue weighted by Gasteiger charge is 2.38. The van der Waals surface area contributed by atoms with Crippen LogP contribution in [0.5, 0.6) is 0 Å². The van der Waals surface area contributed by atoms with E-state index in [-0.39, 0.29) is 11.8 Å². The molecule has 1 amide bonds. The zero-order valence-electron chi connectivity index (χ0n) is 16.1. The molecule has 2 saturated heterocycles. The number of carbonyl (C=O) groups excluding carboxylic acids is 1. The van der Waals surface area contributed by atoms with Crippen molar-refractivity contribution in [2.24, 2.45) is 11.8 Å². The quantitative estimate of drug-likeness (QED) is 0.890. The van der Waals surface area contributed by atoms with Crippen LogP contribution in [0.15, 0.2) is 18.3 Å². The van der Waals surface area contributed by atoms with Gasteiger partial charge in [0.1, 0.15) is 5.82 Å². The number of aromatic nitrogens is 1. The van der Waals surface area contributed by atoms with Crippen LogP contribution < -0.4 is 4.90 Å². The first-order valence-electron chi connectivity index (χ1n) is 9.67. The van der Waals surface area contributed by atoms with E-state index in [2.05, 4.69) is 23.7 Å². The van der Waals surface area contributed by atoms with Gasteiger partial charge < -0.3 is 19.6 Å². The molecule has 0 unspecified atom stereocenters. The highest BCUT2D eigenvalue weighted by atomic mass is 16.5. The lowest BCUT2D eigenvalue weighted by Gasteiger charge is -2.44. The molecule has 6 heteroatoms. The molecule has 1 N–H and O–H groups in total. The van der Waals surface area contributed by atoms with Gasteiger partial charge in [-0.15, -0.1) is 0 Å². The molecule has 144 valence electrons. The van der Waals surface area contributed by atoms with Gasteiger partial charge in [-0.05, 0) is 37.8 Å². The molecule has 0 bridgehead atoms. The van der Waals surface area contributed by atoms with Gasteiger partial charge in [-0.25, -0.2) is 4.98 Å². The number of carbonyl (C=O) groups is 1. The molecule has 2 aliphatic heterocycles. The van der Waals surface area contributed by atoms with Gasteiger partial charge in [0.2, 0.25) is 0 Å². The Morgan fingerprint density at radius 2 is 2.08 bits per heavy atom. The zero-order chi connectivity index (χ0) is 18.7. The van der Waals surface area contributed by atoms with Gasteiger partial charge in [0, 0.05) is 38.3 Å². The second kappa shape index (κ2) is 7.92. The Kier molecular flexibility index (Phi) is 5.82. The van der Waals surface area contributed by atoms with Crippen molar-refractivity contribution in [1.29, 1.82) is 0 Å². The fourth-order valence-corrected chi connectivity index (χ4v) is 3.87. The Morgan fingerprint density at radius 3 is 2.69 bits per heavy atom. The van der Waals surface area contributed by atoms with Gasteiger partial charge in [0.15, 0.2) is 0 Å². The number of ether oxygens (including phenoxy) is 1. The monoisotopic (exact) mass is 361 g/mol. The molecule has 1 aromatic rings. The van der Waals surface area contributed by atoms with E-state index >= 15 is 0 Å². The maximum Gasteiger partial charge on any atom is 0.255 e. The summed E-state index contributed by atoms with van der Waals surface area (Å²) >= 11 is 0. The molecule has 2 atom stereocenters. The van der Waals surface area contributed by atoms with Crippen LogP contribution in [0, 0.1) is 11.8 Å². The lowest BCUT2D eigenvalue weighted by molar-refractivity contribution is -0.0247. The lowest BCUT2D eigenvalue weighted by atomic mass is 9.78. The molecule has 0 saturated carbocycles. The maximum absolute atomic E-state index is 12.5. The van der Waals surface area contributed by atoms with Crippen molar-refractivity contribution in [1.82, 2.24) is 9.88 Å². The SMILES string of the molecule is CC(C)C[C@@H]1CN(c2ccc(C(=O)N3CCOCC3)cn2)CC[C@]1(C)O. The number of hydrogen-bond donors (Lipinski definition) is 1. The summed E-state index contributed by atoms with van der Waals surface area (Å²) in [4.78, 5) is 21.1. The molecule has 2 fully saturated rings. The third-order valence-electron chi connectivity index (χ3n) is 5.58. The molecule has 0 radical (unpaired) electrons. The van der Waals surface area contributed by atoms with Gasteiger partial charge in [0.05, 0.1) is 24.4 Å². The average Bonchev–Trinajstić information content (AvgIpc) is 2.63. The fourth-order valence-electron chi connectivity index (χ4n) is 3.87. The second-order valence-corrected chi connectivity index (χ2v) is 8.19. The van der Waals surface area contributed by atoms with Gasteiger partial charge in [-0.2, -0.15) is 0 Å². The maximum atomic E-state index is 12.5. The van der Waals surface area contributed by atoms with E-state index in [1.807, 2.05) is 24.0 Å². The molecule has 0 aromatic carbocycles. The van der Waals surface area contributed by atoms with Gasteiger partial charge >= 0.3 is 0 Å². The number of piperidine rings is 1. The standard InChI is InChI=1S/C20H31N3O3/c1-15(2)12-17-14-23(7-6-20(17,3)25)18-5-4-16(13-21-18)19(24)22-8-10-26-11-9-22/h4-5,13,15,17,25H,6-12,14H2,1-3H3/t17-,20+/m1/s1. The summed E-state index contributed by atoms with van der Waals surface area (Å²) in [5.41, 5.74) is 0.00546. The van der Waals surface area contributed by atoms with Gasteiger partial charge in [0.25, 0.3) is 5.91 Å². The molecule has 0 aliphatic carbocycles. The summed E-state index contributed by atoms with van der Waals surface area (Å²) in [6.07, 6.45) is 3.41. The summed E-state index contributed by atoms with van der Waals surface area (Å²) in [5.74, 6) is 1.68. The lowest BCUT2D eigenvalue weighted by Crippen LogP contribution is -2.51. The smallest absolute Gasteiger partial charge is 0.255 e. The largest absolute Gasteiger partial charge is 0.390 e. The highest BCUT2D eigenvalue weighted by molar-refractivity contribution is 5.94. The van der Waals surface area contributed by atoms with Crippen LogP contribution in [0.25, 0.3) is 0 Å². The van der Waals surface area contributed by atoms with Crippen LogP contribution in [-0.2, 0) is 4.74 Å². The predicted octanol–water partition coefficient (Wildman–Crippen LogP) is 2.18. The summed E-state index contributed by atoms with van der Waals surface area (Å²) in [6.45, 7) is 10.4. The number of nitrogens with zero attached hydrogens (tertiary/aromatic N) is 3. The molecule has 26 heavy (non-hydrogen) atoms. The van der Waals surface area contributed by atoms with E-state index in [9.17, 15) is 9.90 Å². The number of rotatable bonds is 4. The minimum atomic E-state index is -0.618. The number of anilines is 1. The molecule has 3 heterocycles. The van der Waals surface area contributed by atoms with Crippen LogP contribution in [0.2, 0.25) is 0 Å². The van der Waals surface area contributed by atoms with Crippen molar-refractivity contribution in [2.45, 2.75) is 39.2 Å². The Bertz CT molecular complexity index is 609. The van der Waals surface area contributed by atoms with Crippen LogP contribution in [0.3, 0.4) is 0 Å². The van der Waals surface area contributed by atoms with Crippen molar-refractivity contribution in [2.75, 3.05) is 44.3 Å². The highest BCUT2D eigenvalue weighted by Crippen LogP contribution is 2.33. The van der Waals surface area contributed by atoms with E-state index in [0.717, 1.165) is 31.7 Å². The number of amides is 1. The summed E-state index contributed by atoms with van der Waals surface area (Å²) in [6, 6.07) is 3.80. The van der Waals surface area contributed by atoms with Crippen molar-refractivity contribution in [3.8, 4) is 0 Å². The van der Waals surface area contributed by atoms with Crippen molar-refractivity contribution >= 4 is 11.7 Å². The van der Waals surface area contributed by atoms with E-state index in [1.54, 1.807) is 6.20 Å². The Morgan fingerprint density at radius 1 is 1.35 bits per heavy atom. The third-order valence-corrected chi connectivity index (χ3v) is 5.58. The predicted molar refractivity (Wildman–Crippen MR) is 101 cm³/mol. The van der Waals surface area contributed by atoms with Crippen LogP contribution in [0.1, 0.15) is 44.0 Å². The van der Waals surface area contributed by atoms with Crippen LogP contribution >= 0.6 is 0 Å². The number of hydrogen-bond acceptors (Lipinski definition) is 5. The topological polar surface area (TPSA) is 65.9 Å². The van der Waals surface area contributed by atoms with E-state index in [0.29, 0.717) is 37.8 Å². The Hall–Kier alpha value is -1.66. The number of aliphatic hydroxyl groups is 1. The first-order valence-corrected chi connectivity index (χ1v) is 9.67. The van der Waals surface area contributed by atoms with Crippen molar-refractivity contribution < 1.29 is 14.6 Å². The average molecular weight is 361 g/mol. The van der Waals surface area contributed by atoms with E-state index < -0.39 is 5.60 Å². The Balaban J connectivity index is 1.67. The minimum Gasteiger partial charge on any atom is -0.390 e. The summed E-state index contributed by atoms with van der Waals surface area (Å²) in [7, 11) is 0. The van der Waals surface area contributed by atoms with E-state index in [1.165, 1.54) is 0 Å². The molecular weight excluding hydrogens is 330 g/mol. The van der Waals surface area contributed by atoms with E-state index in [4.69, 9.17) is 4.74 Å². The zero-order valence-corrected chi connectivity index (χ0v) is 16.1. The first kappa shape index (κ1) is 19.1. The molecule has 0 spiro atoms. The van der Waals surface area contributed by atoms with Crippen LogP contribution in [-0.4, -0.2) is 65.9 Å². The summed E-state index contributed by atoms with van der Waals surface area (Å²) < 4.78 is 5.30. The molecule has 3 rings (SSSR count). The van der Waals surface area contributed by atoms with Crippen molar-refractivity contribution in [3.63, 3.8) is 0 Å². The summed E-state index contributed by atoms with van der Waals surface area (Å²) in [5, 5.41) is 10.7.